The first kappa shape index (κ1) is 34.6. The maximum Gasteiger partial charge on any atom is 0.332 e. The molecule has 6 rings (SSSR count). The zero-order valence-electron chi connectivity index (χ0n) is 29.4. The van der Waals surface area contributed by atoms with Crippen molar-refractivity contribution in [2.75, 3.05) is 29.3 Å². The molecule has 1 atom stereocenters. The third-order valence-electron chi connectivity index (χ3n) is 9.65. The van der Waals surface area contributed by atoms with Crippen molar-refractivity contribution in [2.24, 2.45) is 5.41 Å². The fraction of sp³-hybridized carbons (Fsp3) is 0.256. The minimum Gasteiger partial charge on any atom is -0.497 e. The van der Waals surface area contributed by atoms with E-state index in [2.05, 4.69) is 55.3 Å². The van der Waals surface area contributed by atoms with Crippen LogP contribution in [0.5, 0.6) is 11.5 Å². The molecule has 5 aromatic rings. The van der Waals surface area contributed by atoms with Crippen molar-refractivity contribution < 1.29 is 23.1 Å². The summed E-state index contributed by atoms with van der Waals surface area (Å²) in [5, 5.41) is 3.27. The van der Waals surface area contributed by atoms with Crippen LogP contribution in [0.3, 0.4) is 0 Å². The van der Waals surface area contributed by atoms with Crippen LogP contribution in [0.25, 0.3) is 0 Å². The molecule has 0 saturated carbocycles. The molecule has 2 heterocycles. The summed E-state index contributed by atoms with van der Waals surface area (Å²) in [5.41, 5.74) is 0.417. The van der Waals surface area contributed by atoms with Crippen LogP contribution in [-0.2, 0) is 16.4 Å². The Hall–Kier alpha value is -5.26. The second kappa shape index (κ2) is 13.6. The van der Waals surface area contributed by atoms with Gasteiger partial charge in [-0.05, 0) is 59.9 Å². The highest BCUT2D eigenvalue weighted by Gasteiger charge is 2.63. The number of hydrogen-bond acceptors (Lipinski definition) is 7. The third kappa shape index (κ3) is 5.75. The molecular formula is C39H42FN5O4Si. The molecule has 0 fully saturated rings. The largest absolute Gasteiger partial charge is 0.497 e. The molecule has 0 spiro atoms. The van der Waals surface area contributed by atoms with Gasteiger partial charge in [0.25, 0.3) is 0 Å². The van der Waals surface area contributed by atoms with E-state index in [1.54, 1.807) is 30.3 Å². The third-order valence-corrected chi connectivity index (χ3v) is 10.4. The number of nitrogens with zero attached hydrogens (tertiary/aromatic N) is 4. The van der Waals surface area contributed by atoms with Gasteiger partial charge in [-0.3, -0.25) is 4.90 Å². The highest BCUT2D eigenvalue weighted by molar-refractivity contribution is 6.08. The monoisotopic (exact) mass is 691 g/mol. The normalized spacial score (nSPS) is 14.6. The summed E-state index contributed by atoms with van der Waals surface area (Å²) in [6.07, 6.45) is 1.68. The summed E-state index contributed by atoms with van der Waals surface area (Å²) in [6, 6.07) is 31.6. The molecule has 4 aromatic carbocycles. The van der Waals surface area contributed by atoms with Crippen molar-refractivity contribution in [1.82, 2.24) is 9.97 Å². The number of nitrogens with one attached hydrogen (secondary N) is 1. The van der Waals surface area contributed by atoms with Gasteiger partial charge >= 0.3 is 6.03 Å². The standard InChI is InChI=1S/C39H42FN5O4Si/c1-37(2,3)39(27-13-9-7-10-14-27,28-15-11-8-12-16-28)38(4,49-50)45-34-26(24-41-35(43-34)42-29-17-19-30(47-5)20-18-29)25-44(36(45)46)33-22-21-31(48-6)23-32(33)40/h7-24H,25H2,1-6,50H3,(H,41,42,43)/t38-/m0/s1. The Morgan fingerprint density at radius 1 is 0.820 bits per heavy atom. The zero-order valence-corrected chi connectivity index (χ0v) is 31.4. The fourth-order valence-electron chi connectivity index (χ4n) is 7.47. The van der Waals surface area contributed by atoms with Crippen molar-refractivity contribution in [1.29, 1.82) is 0 Å². The van der Waals surface area contributed by atoms with Gasteiger partial charge in [0.1, 0.15) is 27.8 Å². The number of hydrogen-bond donors (Lipinski definition) is 1. The average Bonchev–Trinajstić information content (AvgIpc) is 3.12. The smallest absolute Gasteiger partial charge is 0.332 e. The number of halogens is 1. The van der Waals surface area contributed by atoms with Gasteiger partial charge in [-0.25, -0.2) is 19.1 Å². The Morgan fingerprint density at radius 2 is 1.40 bits per heavy atom. The van der Waals surface area contributed by atoms with E-state index in [-0.39, 0.29) is 28.7 Å². The van der Waals surface area contributed by atoms with Crippen molar-refractivity contribution in [3.05, 3.63) is 132 Å². The van der Waals surface area contributed by atoms with E-state index in [0.29, 0.717) is 22.9 Å². The molecule has 1 N–H and O–H groups in total. The predicted octanol–water partition coefficient (Wildman–Crippen LogP) is 7.37. The molecule has 0 aliphatic carbocycles. The maximum absolute atomic E-state index is 15.8. The Balaban J connectivity index is 1.63. The van der Waals surface area contributed by atoms with Gasteiger partial charge in [0, 0.05) is 23.5 Å². The van der Waals surface area contributed by atoms with Crippen LogP contribution >= 0.6 is 0 Å². The molecule has 9 nitrogen and oxygen atoms in total. The van der Waals surface area contributed by atoms with E-state index in [1.807, 2.05) is 67.6 Å². The number of benzene rings is 4. The molecule has 11 heteroatoms. The molecule has 0 radical (unpaired) electrons. The number of carbonyl (C=O) groups is 1. The van der Waals surface area contributed by atoms with Crippen LogP contribution in [-0.4, -0.2) is 46.4 Å². The molecule has 258 valence electrons. The molecular weight excluding hydrogens is 650 g/mol. The van der Waals surface area contributed by atoms with Crippen LogP contribution in [0.4, 0.5) is 32.3 Å². The topological polar surface area (TPSA) is 89.1 Å². The van der Waals surface area contributed by atoms with E-state index < -0.39 is 28.4 Å². The lowest BCUT2D eigenvalue weighted by Gasteiger charge is -2.60. The molecule has 1 aromatic heterocycles. The van der Waals surface area contributed by atoms with E-state index in [0.717, 1.165) is 16.8 Å². The van der Waals surface area contributed by atoms with E-state index in [9.17, 15) is 0 Å². The highest BCUT2D eigenvalue weighted by Crippen LogP contribution is 2.57. The first-order valence-corrected chi connectivity index (χ1v) is 17.2. The number of carbonyl (C=O) groups excluding carboxylic acids is 1. The quantitative estimate of drug-likeness (QED) is 0.153. The number of fused-ring (bicyclic) bond motifs is 1. The lowest BCUT2D eigenvalue weighted by atomic mass is 9.53. The van der Waals surface area contributed by atoms with Crippen molar-refractivity contribution in [2.45, 2.75) is 45.4 Å². The van der Waals surface area contributed by atoms with Crippen LogP contribution in [0.2, 0.25) is 0 Å². The summed E-state index contributed by atoms with van der Waals surface area (Å²) in [7, 11) is 3.33. The number of urea groups is 1. The van der Waals surface area contributed by atoms with Crippen molar-refractivity contribution in [3.63, 3.8) is 0 Å². The minimum absolute atomic E-state index is 0.0349. The number of amides is 2. The summed E-state index contributed by atoms with van der Waals surface area (Å²) in [6.45, 7) is 8.43. The van der Waals surface area contributed by atoms with Crippen LogP contribution in [0, 0.1) is 11.2 Å². The molecule has 50 heavy (non-hydrogen) atoms. The first-order chi connectivity index (χ1) is 24.0. The van der Waals surface area contributed by atoms with Crippen molar-refractivity contribution in [3.8, 4) is 11.5 Å². The zero-order chi connectivity index (χ0) is 35.7. The molecule has 0 bridgehead atoms. The van der Waals surface area contributed by atoms with Crippen LogP contribution in [0.1, 0.15) is 44.4 Å². The minimum atomic E-state index is -1.40. The Labute approximate surface area is 295 Å². The Kier molecular flexibility index (Phi) is 9.39. The van der Waals surface area contributed by atoms with Gasteiger partial charge in [-0.1, -0.05) is 81.4 Å². The van der Waals surface area contributed by atoms with Gasteiger partial charge in [0.15, 0.2) is 11.5 Å². The molecule has 1 aliphatic rings. The number of ether oxygens (including phenoxy) is 2. The first-order valence-electron chi connectivity index (χ1n) is 16.4. The average molecular weight is 692 g/mol. The van der Waals surface area contributed by atoms with Crippen LogP contribution < -0.4 is 24.6 Å². The summed E-state index contributed by atoms with van der Waals surface area (Å²) in [4.78, 5) is 27.9. The molecule has 0 unspecified atom stereocenters. The Morgan fingerprint density at radius 3 is 1.92 bits per heavy atom. The maximum atomic E-state index is 15.8. The predicted molar refractivity (Wildman–Crippen MR) is 198 cm³/mol. The lowest BCUT2D eigenvalue weighted by Crippen LogP contribution is -2.71. The summed E-state index contributed by atoms with van der Waals surface area (Å²) >= 11 is 0. The van der Waals surface area contributed by atoms with E-state index >= 15 is 9.18 Å². The van der Waals surface area contributed by atoms with Crippen molar-refractivity contribution >= 4 is 39.7 Å². The SMILES string of the molecule is COc1ccc(Nc2ncc3c(n2)N([C@@](C)(O[SiH3])C(c2ccccc2)(c2ccccc2)C(C)(C)C)C(=O)N(c2ccc(OC)cc2F)C3)cc1. The van der Waals surface area contributed by atoms with Gasteiger partial charge < -0.3 is 19.2 Å². The van der Waals surface area contributed by atoms with E-state index in [1.165, 1.54) is 18.1 Å². The van der Waals surface area contributed by atoms with Gasteiger partial charge in [0.2, 0.25) is 5.95 Å². The number of aromatic nitrogens is 2. The van der Waals surface area contributed by atoms with Crippen LogP contribution in [0.15, 0.2) is 109 Å². The lowest BCUT2D eigenvalue weighted by molar-refractivity contribution is -0.0243. The highest BCUT2D eigenvalue weighted by atomic mass is 28.2. The second-order valence-electron chi connectivity index (χ2n) is 13.3. The molecule has 2 amide bonds. The number of anilines is 4. The summed E-state index contributed by atoms with van der Waals surface area (Å²) in [5.74, 6) is 1.11. The van der Waals surface area contributed by atoms with Gasteiger partial charge in [-0.15, -0.1) is 0 Å². The van der Waals surface area contributed by atoms with Gasteiger partial charge in [0.05, 0.1) is 31.9 Å². The summed E-state index contributed by atoms with van der Waals surface area (Å²) < 4.78 is 33.3. The molecule has 0 saturated heterocycles. The molecule has 1 aliphatic heterocycles. The van der Waals surface area contributed by atoms with Gasteiger partial charge in [-0.2, -0.15) is 4.98 Å². The number of rotatable bonds is 10. The second-order valence-corrected chi connectivity index (χ2v) is 13.7. The fourth-order valence-corrected chi connectivity index (χ4v) is 7.96. The van der Waals surface area contributed by atoms with E-state index in [4.69, 9.17) is 18.9 Å². The number of methoxy groups -OCH3 is 2. The Bertz CT molecular complexity index is 1940.